The van der Waals surface area contributed by atoms with Gasteiger partial charge in [0.1, 0.15) is 11.5 Å². The van der Waals surface area contributed by atoms with Crippen LogP contribution in [0.25, 0.3) is 0 Å². The van der Waals surface area contributed by atoms with Gasteiger partial charge >= 0.3 is 0 Å². The second kappa shape index (κ2) is 8.26. The fraction of sp³-hybridized carbons (Fsp3) is 0.333. The summed E-state index contributed by atoms with van der Waals surface area (Å²) in [6.07, 6.45) is 2.10. The van der Waals surface area contributed by atoms with E-state index in [0.717, 1.165) is 37.6 Å². The molecule has 0 spiro atoms. The van der Waals surface area contributed by atoms with Crippen molar-refractivity contribution in [2.24, 2.45) is 5.92 Å². The van der Waals surface area contributed by atoms with Gasteiger partial charge < -0.3 is 9.47 Å². The Bertz CT molecular complexity index is 422. The molecule has 20 heavy (non-hydrogen) atoms. The molecule has 2 aromatic carbocycles. The Labute approximate surface area is 121 Å². The maximum Gasteiger partial charge on any atom is 0.119 e. The molecule has 0 unspecified atom stereocenters. The normalized spacial score (nSPS) is 10.5. The van der Waals surface area contributed by atoms with E-state index in [1.54, 1.807) is 0 Å². The first-order valence-corrected chi connectivity index (χ1v) is 7.20. The molecule has 2 heteroatoms. The molecule has 0 fully saturated rings. The van der Waals surface area contributed by atoms with Gasteiger partial charge in [-0.15, -0.1) is 0 Å². The van der Waals surface area contributed by atoms with Crippen molar-refractivity contribution in [2.75, 3.05) is 13.2 Å². The highest BCUT2D eigenvalue weighted by Gasteiger charge is 2.03. The van der Waals surface area contributed by atoms with Crippen molar-refractivity contribution in [1.82, 2.24) is 0 Å². The van der Waals surface area contributed by atoms with E-state index in [4.69, 9.17) is 9.47 Å². The van der Waals surface area contributed by atoms with Crippen LogP contribution in [0.15, 0.2) is 60.7 Å². The first kappa shape index (κ1) is 14.4. The van der Waals surface area contributed by atoms with Crippen LogP contribution in [-0.2, 0) is 0 Å². The maximum atomic E-state index is 5.70. The van der Waals surface area contributed by atoms with Crippen LogP contribution in [0.5, 0.6) is 11.5 Å². The lowest BCUT2D eigenvalue weighted by atomic mass is 10.1. The number of rotatable bonds is 8. The van der Waals surface area contributed by atoms with E-state index < -0.39 is 0 Å². The van der Waals surface area contributed by atoms with Gasteiger partial charge in [-0.3, -0.25) is 0 Å². The first-order chi connectivity index (χ1) is 9.84. The van der Waals surface area contributed by atoms with Crippen LogP contribution in [0.1, 0.15) is 19.8 Å². The van der Waals surface area contributed by atoms with E-state index in [0.29, 0.717) is 5.92 Å². The third-order valence-electron chi connectivity index (χ3n) is 3.25. The molecule has 0 N–H and O–H groups in total. The van der Waals surface area contributed by atoms with Crippen LogP contribution in [0, 0.1) is 5.92 Å². The van der Waals surface area contributed by atoms with Crippen molar-refractivity contribution >= 4 is 0 Å². The summed E-state index contributed by atoms with van der Waals surface area (Å²) in [5, 5.41) is 0. The van der Waals surface area contributed by atoms with Gasteiger partial charge in [0.2, 0.25) is 0 Å². The zero-order chi connectivity index (χ0) is 14.0. The van der Waals surface area contributed by atoms with Crippen molar-refractivity contribution in [3.05, 3.63) is 60.7 Å². The molecule has 0 aliphatic carbocycles. The Morgan fingerprint density at radius 2 is 1.10 bits per heavy atom. The van der Waals surface area contributed by atoms with Gasteiger partial charge in [0, 0.05) is 0 Å². The lowest BCUT2D eigenvalue weighted by Gasteiger charge is -2.13. The van der Waals surface area contributed by atoms with Crippen LogP contribution in [-0.4, -0.2) is 13.2 Å². The molecule has 0 aliphatic rings. The lowest BCUT2D eigenvalue weighted by Crippen LogP contribution is -2.08. The number of para-hydroxylation sites is 2. The molecule has 2 rings (SSSR count). The molecule has 2 aromatic rings. The van der Waals surface area contributed by atoms with Gasteiger partial charge in [0.15, 0.2) is 0 Å². The Kier molecular flexibility index (Phi) is 5.97. The molecular weight excluding hydrogens is 248 g/mol. The van der Waals surface area contributed by atoms with Crippen LogP contribution >= 0.6 is 0 Å². The van der Waals surface area contributed by atoms with E-state index in [1.165, 1.54) is 0 Å². The van der Waals surface area contributed by atoms with Crippen molar-refractivity contribution in [2.45, 2.75) is 19.8 Å². The van der Waals surface area contributed by atoms with Gasteiger partial charge in [-0.2, -0.15) is 0 Å². The Morgan fingerprint density at radius 1 is 0.700 bits per heavy atom. The van der Waals surface area contributed by atoms with Crippen LogP contribution in [0.2, 0.25) is 0 Å². The monoisotopic (exact) mass is 270 g/mol. The molecule has 0 aromatic heterocycles. The SMILES string of the molecule is CC(CCOc1ccccc1)CCOc1ccccc1. The number of hydrogen-bond acceptors (Lipinski definition) is 2. The third kappa shape index (κ3) is 5.35. The summed E-state index contributed by atoms with van der Waals surface area (Å²) < 4.78 is 11.4. The lowest BCUT2D eigenvalue weighted by molar-refractivity contribution is 0.245. The zero-order valence-corrected chi connectivity index (χ0v) is 12.0. The summed E-state index contributed by atoms with van der Waals surface area (Å²) in [6, 6.07) is 19.9. The molecular formula is C18H22O2. The maximum absolute atomic E-state index is 5.70. The molecule has 0 amide bonds. The third-order valence-corrected chi connectivity index (χ3v) is 3.25. The van der Waals surface area contributed by atoms with E-state index in [9.17, 15) is 0 Å². The Hall–Kier alpha value is -1.96. The van der Waals surface area contributed by atoms with E-state index in [2.05, 4.69) is 6.92 Å². The standard InChI is InChI=1S/C18H22O2/c1-16(12-14-19-17-8-4-2-5-9-17)13-15-20-18-10-6-3-7-11-18/h2-11,16H,12-15H2,1H3. The molecule has 0 radical (unpaired) electrons. The van der Waals surface area contributed by atoms with Crippen molar-refractivity contribution in [3.8, 4) is 11.5 Å². The summed E-state index contributed by atoms with van der Waals surface area (Å²) in [4.78, 5) is 0. The fourth-order valence-corrected chi connectivity index (χ4v) is 1.93. The molecule has 0 atom stereocenters. The number of ether oxygens (including phenoxy) is 2. The van der Waals surface area contributed by atoms with Crippen molar-refractivity contribution in [1.29, 1.82) is 0 Å². The molecule has 0 saturated carbocycles. The molecule has 2 nitrogen and oxygen atoms in total. The largest absolute Gasteiger partial charge is 0.494 e. The van der Waals surface area contributed by atoms with E-state index in [-0.39, 0.29) is 0 Å². The first-order valence-electron chi connectivity index (χ1n) is 7.20. The summed E-state index contributed by atoms with van der Waals surface area (Å²) in [5.41, 5.74) is 0. The molecule has 0 aliphatic heterocycles. The van der Waals surface area contributed by atoms with Gasteiger partial charge in [-0.25, -0.2) is 0 Å². The predicted molar refractivity (Wildman–Crippen MR) is 82.3 cm³/mol. The van der Waals surface area contributed by atoms with Gasteiger partial charge in [0.25, 0.3) is 0 Å². The fourth-order valence-electron chi connectivity index (χ4n) is 1.93. The van der Waals surface area contributed by atoms with Gasteiger partial charge in [0.05, 0.1) is 13.2 Å². The average molecular weight is 270 g/mol. The van der Waals surface area contributed by atoms with Crippen LogP contribution in [0.3, 0.4) is 0 Å². The molecule has 0 bridgehead atoms. The van der Waals surface area contributed by atoms with Crippen LogP contribution < -0.4 is 9.47 Å². The molecule has 0 heterocycles. The molecule has 0 saturated heterocycles. The Morgan fingerprint density at radius 3 is 1.50 bits per heavy atom. The van der Waals surface area contributed by atoms with Gasteiger partial charge in [-0.05, 0) is 43.0 Å². The highest BCUT2D eigenvalue weighted by atomic mass is 16.5. The van der Waals surface area contributed by atoms with Crippen molar-refractivity contribution in [3.63, 3.8) is 0 Å². The second-order valence-corrected chi connectivity index (χ2v) is 5.01. The number of hydrogen-bond donors (Lipinski definition) is 0. The minimum absolute atomic E-state index is 0.599. The van der Waals surface area contributed by atoms with Crippen LogP contribution in [0.4, 0.5) is 0 Å². The highest BCUT2D eigenvalue weighted by Crippen LogP contribution is 2.14. The van der Waals surface area contributed by atoms with Gasteiger partial charge in [-0.1, -0.05) is 43.3 Å². The summed E-state index contributed by atoms with van der Waals surface area (Å²) in [6.45, 7) is 3.76. The van der Waals surface area contributed by atoms with Crippen molar-refractivity contribution < 1.29 is 9.47 Å². The highest BCUT2D eigenvalue weighted by molar-refractivity contribution is 5.21. The van der Waals surface area contributed by atoms with E-state index in [1.807, 2.05) is 60.7 Å². The zero-order valence-electron chi connectivity index (χ0n) is 12.0. The van der Waals surface area contributed by atoms with E-state index >= 15 is 0 Å². The average Bonchev–Trinajstić information content (AvgIpc) is 2.49. The quantitative estimate of drug-likeness (QED) is 0.700. The minimum atomic E-state index is 0.599. The number of benzene rings is 2. The smallest absolute Gasteiger partial charge is 0.119 e. The summed E-state index contributed by atoms with van der Waals surface area (Å²) in [5.74, 6) is 2.49. The molecule has 106 valence electrons. The summed E-state index contributed by atoms with van der Waals surface area (Å²) >= 11 is 0. The topological polar surface area (TPSA) is 18.5 Å². The summed E-state index contributed by atoms with van der Waals surface area (Å²) in [7, 11) is 0. The predicted octanol–water partition coefficient (Wildman–Crippen LogP) is 4.56. The minimum Gasteiger partial charge on any atom is -0.494 e. The second-order valence-electron chi connectivity index (χ2n) is 5.01. The Balaban J connectivity index is 1.58.